The van der Waals surface area contributed by atoms with E-state index in [1.165, 1.54) is 0 Å². The number of carbonyl (C=O) groups is 2. The average molecular weight is 319 g/mol. The first-order valence-electron chi connectivity index (χ1n) is 6.94. The quantitative estimate of drug-likeness (QED) is 0.796. The van der Waals surface area contributed by atoms with E-state index in [4.69, 9.17) is 9.52 Å². The maximum Gasteiger partial charge on any atom is 0.434 e. The second-order valence-electron chi connectivity index (χ2n) is 5.11. The fraction of sp³-hybridized carbons (Fsp3) is 0.385. The van der Waals surface area contributed by atoms with Crippen LogP contribution in [0.5, 0.6) is 0 Å². The average Bonchev–Trinajstić information content (AvgIpc) is 3.01. The molecule has 0 aromatic carbocycles. The van der Waals surface area contributed by atoms with Crippen LogP contribution in [0, 0.1) is 0 Å². The Kier molecular flexibility index (Phi) is 3.87. The Balaban J connectivity index is 1.63. The monoisotopic (exact) mass is 319 g/mol. The van der Waals surface area contributed by atoms with Gasteiger partial charge in [0.15, 0.2) is 5.69 Å². The van der Waals surface area contributed by atoms with Crippen molar-refractivity contribution < 1.29 is 19.1 Å². The maximum absolute atomic E-state index is 12.3. The number of hydrogen-bond donors (Lipinski definition) is 2. The van der Waals surface area contributed by atoms with Crippen LogP contribution < -0.4 is 5.76 Å². The lowest BCUT2D eigenvalue weighted by Crippen LogP contribution is -2.38. The van der Waals surface area contributed by atoms with E-state index in [-0.39, 0.29) is 23.2 Å². The molecule has 2 N–H and O–H groups in total. The van der Waals surface area contributed by atoms with E-state index in [1.807, 2.05) is 0 Å². The minimum Gasteiger partial charge on any atom is -0.476 e. The maximum atomic E-state index is 12.3. The van der Waals surface area contributed by atoms with Crippen LogP contribution in [0.15, 0.2) is 21.6 Å². The van der Waals surface area contributed by atoms with E-state index in [1.54, 1.807) is 4.90 Å². The zero-order chi connectivity index (χ0) is 16.4. The number of likely N-dealkylation sites (tertiary alicyclic amines) is 1. The molecule has 23 heavy (non-hydrogen) atoms. The van der Waals surface area contributed by atoms with Gasteiger partial charge in [0.2, 0.25) is 5.89 Å². The molecule has 10 heteroatoms. The third-order valence-corrected chi connectivity index (χ3v) is 3.68. The summed E-state index contributed by atoms with van der Waals surface area (Å²) in [4.78, 5) is 43.1. The third kappa shape index (κ3) is 3.10. The lowest BCUT2D eigenvalue weighted by Gasteiger charge is -2.30. The third-order valence-electron chi connectivity index (χ3n) is 3.68. The molecule has 2 aromatic heterocycles. The molecule has 3 heterocycles. The number of nitrogens with one attached hydrogen (secondary N) is 1. The van der Waals surface area contributed by atoms with Crippen molar-refractivity contribution in [1.82, 2.24) is 25.1 Å². The number of piperidine rings is 1. The molecule has 0 unspecified atom stereocenters. The highest BCUT2D eigenvalue weighted by molar-refractivity contribution is 5.92. The Morgan fingerprint density at radius 2 is 1.87 bits per heavy atom. The Bertz CT molecular complexity index is 773. The van der Waals surface area contributed by atoms with Crippen molar-refractivity contribution in [2.24, 2.45) is 0 Å². The van der Waals surface area contributed by atoms with E-state index < -0.39 is 11.7 Å². The summed E-state index contributed by atoms with van der Waals surface area (Å²) in [5.74, 6) is -1.76. The highest BCUT2D eigenvalue weighted by Crippen LogP contribution is 2.26. The summed E-state index contributed by atoms with van der Waals surface area (Å²) < 4.78 is 4.94. The molecule has 1 saturated heterocycles. The first-order chi connectivity index (χ1) is 11.0. The number of carboxylic acid groups (broad SMARTS) is 1. The summed E-state index contributed by atoms with van der Waals surface area (Å²) in [6.45, 7) is 0.921. The molecule has 1 fully saturated rings. The first-order valence-corrected chi connectivity index (χ1v) is 6.94. The van der Waals surface area contributed by atoms with E-state index in [2.05, 4.69) is 20.2 Å². The topological polar surface area (TPSA) is 142 Å². The number of nitrogens with zero attached hydrogens (tertiary/aromatic N) is 4. The van der Waals surface area contributed by atoms with Gasteiger partial charge in [-0.25, -0.2) is 24.7 Å². The van der Waals surface area contributed by atoms with Crippen molar-refractivity contribution in [3.63, 3.8) is 0 Å². The molecule has 0 saturated carbocycles. The van der Waals surface area contributed by atoms with Crippen molar-refractivity contribution in [2.45, 2.75) is 18.8 Å². The fourth-order valence-electron chi connectivity index (χ4n) is 2.46. The van der Waals surface area contributed by atoms with Gasteiger partial charge in [-0.2, -0.15) is 0 Å². The van der Waals surface area contributed by atoms with E-state index >= 15 is 0 Å². The Hall–Kier alpha value is -3.04. The van der Waals surface area contributed by atoms with Crippen LogP contribution in [-0.2, 0) is 0 Å². The number of carboxylic acids is 1. The fourth-order valence-corrected chi connectivity index (χ4v) is 2.46. The van der Waals surface area contributed by atoms with Crippen LogP contribution in [0.25, 0.3) is 0 Å². The Morgan fingerprint density at radius 1 is 1.22 bits per heavy atom. The van der Waals surface area contributed by atoms with Crippen LogP contribution in [0.2, 0.25) is 0 Å². The van der Waals surface area contributed by atoms with Crippen LogP contribution in [0.1, 0.15) is 45.6 Å². The van der Waals surface area contributed by atoms with Crippen LogP contribution in [0.3, 0.4) is 0 Å². The van der Waals surface area contributed by atoms with Gasteiger partial charge < -0.3 is 14.4 Å². The number of aromatic carboxylic acids is 1. The molecule has 10 nitrogen and oxygen atoms in total. The molecule has 0 radical (unpaired) electrons. The lowest BCUT2D eigenvalue weighted by molar-refractivity contribution is 0.0677. The van der Waals surface area contributed by atoms with Crippen molar-refractivity contribution in [3.8, 4) is 0 Å². The summed E-state index contributed by atoms with van der Waals surface area (Å²) in [7, 11) is 0. The predicted octanol–water partition coefficient (Wildman–Crippen LogP) is -0.129. The highest BCUT2D eigenvalue weighted by atomic mass is 16.4. The second kappa shape index (κ2) is 5.99. The van der Waals surface area contributed by atoms with Crippen LogP contribution in [0.4, 0.5) is 0 Å². The number of rotatable bonds is 3. The molecule has 3 rings (SSSR count). The van der Waals surface area contributed by atoms with E-state index in [0.29, 0.717) is 31.8 Å². The van der Waals surface area contributed by atoms with E-state index in [0.717, 1.165) is 12.4 Å². The minimum absolute atomic E-state index is 0.0153. The van der Waals surface area contributed by atoms with Gasteiger partial charge in [-0.3, -0.25) is 4.79 Å². The molecule has 2 aromatic rings. The smallest absolute Gasteiger partial charge is 0.434 e. The molecule has 0 spiro atoms. The summed E-state index contributed by atoms with van der Waals surface area (Å²) in [5.41, 5.74) is -0.117. The summed E-state index contributed by atoms with van der Waals surface area (Å²) in [6, 6.07) is 0. The first kappa shape index (κ1) is 14.9. The molecule has 0 aliphatic carbocycles. The summed E-state index contributed by atoms with van der Waals surface area (Å²) >= 11 is 0. The lowest BCUT2D eigenvalue weighted by atomic mass is 9.96. The largest absolute Gasteiger partial charge is 0.476 e. The molecular weight excluding hydrogens is 306 g/mol. The van der Waals surface area contributed by atoms with Crippen LogP contribution in [-0.4, -0.2) is 55.1 Å². The number of H-pyrrole nitrogens is 1. The van der Waals surface area contributed by atoms with Crippen molar-refractivity contribution in [3.05, 3.63) is 40.2 Å². The van der Waals surface area contributed by atoms with Gasteiger partial charge in [-0.05, 0) is 12.8 Å². The van der Waals surface area contributed by atoms with Gasteiger partial charge in [0.05, 0.1) is 12.4 Å². The number of carbonyl (C=O) groups excluding carboxylic acids is 1. The molecule has 120 valence electrons. The molecule has 0 atom stereocenters. The SMILES string of the molecule is O=C(O)c1cnc(C(=O)N2CCC(c3n[nH]c(=O)o3)CC2)cn1. The zero-order valence-electron chi connectivity index (χ0n) is 11.9. The summed E-state index contributed by atoms with van der Waals surface area (Å²) in [5, 5.41) is 14.8. The van der Waals surface area contributed by atoms with Crippen LogP contribution >= 0.6 is 0 Å². The Morgan fingerprint density at radius 3 is 2.39 bits per heavy atom. The van der Waals surface area contributed by atoms with Crippen molar-refractivity contribution in [1.29, 1.82) is 0 Å². The molecule has 1 amide bonds. The number of hydrogen-bond acceptors (Lipinski definition) is 7. The summed E-state index contributed by atoms with van der Waals surface area (Å²) in [6.07, 6.45) is 3.44. The van der Waals surface area contributed by atoms with Gasteiger partial charge in [-0.1, -0.05) is 0 Å². The molecule has 1 aliphatic rings. The number of aromatic nitrogens is 4. The number of aromatic amines is 1. The molecule has 1 aliphatic heterocycles. The molecular formula is C13H13N5O5. The molecule has 0 bridgehead atoms. The zero-order valence-corrected chi connectivity index (χ0v) is 11.9. The highest BCUT2D eigenvalue weighted by Gasteiger charge is 2.28. The van der Waals surface area contributed by atoms with Crippen molar-refractivity contribution >= 4 is 11.9 Å². The predicted molar refractivity (Wildman–Crippen MR) is 74.0 cm³/mol. The Labute approximate surface area is 129 Å². The second-order valence-corrected chi connectivity index (χ2v) is 5.11. The van der Waals surface area contributed by atoms with E-state index in [9.17, 15) is 14.4 Å². The number of amides is 1. The van der Waals surface area contributed by atoms with Gasteiger partial charge in [0.25, 0.3) is 5.91 Å². The van der Waals surface area contributed by atoms with Crippen molar-refractivity contribution in [2.75, 3.05) is 13.1 Å². The van der Waals surface area contributed by atoms with Gasteiger partial charge in [0, 0.05) is 19.0 Å². The van der Waals surface area contributed by atoms with Gasteiger partial charge in [0.1, 0.15) is 5.69 Å². The normalized spacial score (nSPS) is 15.6. The standard InChI is InChI=1S/C13H13N5O5/c19-11(8-5-15-9(6-14-8)12(20)21)18-3-1-7(2-4-18)10-16-17-13(22)23-10/h5-7H,1-4H2,(H,17,22)(H,20,21). The van der Waals surface area contributed by atoms with Gasteiger partial charge in [-0.15, -0.1) is 5.10 Å². The van der Waals surface area contributed by atoms with Gasteiger partial charge >= 0.3 is 11.7 Å². The minimum atomic E-state index is -1.20.